The van der Waals surface area contributed by atoms with E-state index in [0.717, 1.165) is 16.7 Å². The number of carbonyl (C=O) groups excluding carboxylic acids is 1. The molecule has 0 saturated heterocycles. The average molecular weight is 336 g/mol. The third-order valence-electron chi connectivity index (χ3n) is 3.69. The van der Waals surface area contributed by atoms with Gasteiger partial charge in [-0.3, -0.25) is 9.97 Å². The summed E-state index contributed by atoms with van der Waals surface area (Å²) in [4.78, 5) is 20.3. The van der Waals surface area contributed by atoms with Gasteiger partial charge in [0.05, 0.1) is 6.04 Å². The number of nitrogens with zero attached hydrogens (tertiary/aromatic N) is 2. The van der Waals surface area contributed by atoms with Crippen LogP contribution in [-0.2, 0) is 6.54 Å². The fourth-order valence-corrected chi connectivity index (χ4v) is 2.44. The molecule has 2 heterocycles. The largest absolute Gasteiger partial charge is 0.334 e. The lowest BCUT2D eigenvalue weighted by Gasteiger charge is -2.20. The van der Waals surface area contributed by atoms with Gasteiger partial charge in [-0.2, -0.15) is 0 Å². The maximum Gasteiger partial charge on any atom is 0.315 e. The molecule has 3 rings (SSSR count). The van der Waals surface area contributed by atoms with Crippen molar-refractivity contribution in [1.82, 2.24) is 20.6 Å². The fourth-order valence-electron chi connectivity index (χ4n) is 2.44. The van der Waals surface area contributed by atoms with Gasteiger partial charge in [-0.1, -0.05) is 18.2 Å². The summed E-state index contributed by atoms with van der Waals surface area (Å²) in [5, 5.41) is 5.72. The molecular weight excluding hydrogens is 319 g/mol. The molecule has 2 amide bonds. The molecule has 2 aromatic heterocycles. The molecule has 5 nitrogen and oxygen atoms in total. The molecular formula is C19H17FN4O. The minimum Gasteiger partial charge on any atom is -0.334 e. The van der Waals surface area contributed by atoms with Gasteiger partial charge in [0, 0.05) is 31.3 Å². The Balaban J connectivity index is 1.73. The number of nitrogens with one attached hydrogen (secondary N) is 2. The zero-order valence-corrected chi connectivity index (χ0v) is 13.4. The first kappa shape index (κ1) is 16.6. The molecule has 0 radical (unpaired) electrons. The summed E-state index contributed by atoms with van der Waals surface area (Å²) in [6.07, 6.45) is 6.68. The summed E-state index contributed by atoms with van der Waals surface area (Å²) < 4.78 is 13.2. The lowest BCUT2D eigenvalue weighted by atomic mass is 10.00. The van der Waals surface area contributed by atoms with Crippen molar-refractivity contribution in [3.05, 3.63) is 95.8 Å². The smallest absolute Gasteiger partial charge is 0.315 e. The standard InChI is InChI=1S/C19H17FN4O/c20-17-5-3-15(4-6-17)18(16-7-10-21-11-8-16)24-19(25)23-13-14-2-1-9-22-12-14/h1-12,18H,13H2,(H2,23,24,25). The molecule has 1 aromatic carbocycles. The van der Waals surface area contributed by atoms with Crippen LogP contribution in [0.15, 0.2) is 73.3 Å². The molecule has 0 aliphatic heterocycles. The summed E-state index contributed by atoms with van der Waals surface area (Å²) in [5.41, 5.74) is 2.54. The summed E-state index contributed by atoms with van der Waals surface area (Å²) in [7, 11) is 0. The van der Waals surface area contributed by atoms with Gasteiger partial charge in [0.15, 0.2) is 0 Å². The first-order chi connectivity index (χ1) is 12.2. The number of hydrogen-bond donors (Lipinski definition) is 2. The van der Waals surface area contributed by atoms with Crippen LogP contribution in [0.4, 0.5) is 9.18 Å². The molecule has 1 unspecified atom stereocenters. The van der Waals surface area contributed by atoms with Crippen LogP contribution >= 0.6 is 0 Å². The third kappa shape index (κ3) is 4.60. The zero-order chi connectivity index (χ0) is 17.5. The van der Waals surface area contributed by atoms with Crippen molar-refractivity contribution in [3.63, 3.8) is 0 Å². The lowest BCUT2D eigenvalue weighted by molar-refractivity contribution is 0.238. The van der Waals surface area contributed by atoms with Gasteiger partial charge in [0.2, 0.25) is 0 Å². The van der Waals surface area contributed by atoms with Crippen LogP contribution in [0.2, 0.25) is 0 Å². The highest BCUT2D eigenvalue weighted by molar-refractivity contribution is 5.75. The molecule has 0 fully saturated rings. The quantitative estimate of drug-likeness (QED) is 0.752. The van der Waals surface area contributed by atoms with Crippen LogP contribution in [0.5, 0.6) is 0 Å². The normalized spacial score (nSPS) is 11.6. The highest BCUT2D eigenvalue weighted by atomic mass is 19.1. The number of aromatic nitrogens is 2. The summed E-state index contributed by atoms with van der Waals surface area (Å²) in [5.74, 6) is -0.321. The van der Waals surface area contributed by atoms with Crippen molar-refractivity contribution >= 4 is 6.03 Å². The number of pyridine rings is 2. The lowest BCUT2D eigenvalue weighted by Crippen LogP contribution is -2.38. The van der Waals surface area contributed by atoms with Crippen molar-refractivity contribution in [1.29, 1.82) is 0 Å². The Bertz CT molecular complexity index is 810. The first-order valence-electron chi connectivity index (χ1n) is 7.81. The van der Waals surface area contributed by atoms with E-state index in [1.807, 2.05) is 24.3 Å². The number of rotatable bonds is 5. The summed E-state index contributed by atoms with van der Waals surface area (Å²) >= 11 is 0. The van der Waals surface area contributed by atoms with Gasteiger partial charge in [-0.25, -0.2) is 9.18 Å². The predicted molar refractivity (Wildman–Crippen MR) is 92.1 cm³/mol. The topological polar surface area (TPSA) is 66.9 Å². The van der Waals surface area contributed by atoms with Crippen LogP contribution in [0, 0.1) is 5.82 Å². The van der Waals surface area contributed by atoms with Crippen molar-refractivity contribution in [2.24, 2.45) is 0 Å². The second kappa shape index (κ2) is 8.01. The number of benzene rings is 1. The van der Waals surface area contributed by atoms with Gasteiger partial charge < -0.3 is 10.6 Å². The Kier molecular flexibility index (Phi) is 5.31. The number of hydrogen-bond acceptors (Lipinski definition) is 3. The Morgan fingerprint density at radius 3 is 2.36 bits per heavy atom. The van der Waals surface area contributed by atoms with Crippen LogP contribution in [0.25, 0.3) is 0 Å². The van der Waals surface area contributed by atoms with Gasteiger partial charge in [0.1, 0.15) is 5.82 Å². The maximum atomic E-state index is 13.2. The minimum absolute atomic E-state index is 0.321. The summed E-state index contributed by atoms with van der Waals surface area (Å²) in [6.45, 7) is 0.367. The predicted octanol–water partition coefficient (Wildman–Crippen LogP) is 3.20. The van der Waals surface area contributed by atoms with Gasteiger partial charge >= 0.3 is 6.03 Å². The molecule has 1 atom stereocenters. The van der Waals surface area contributed by atoms with Crippen LogP contribution in [-0.4, -0.2) is 16.0 Å². The minimum atomic E-state index is -0.405. The Labute approximate surface area is 145 Å². The Morgan fingerprint density at radius 1 is 0.960 bits per heavy atom. The Morgan fingerprint density at radius 2 is 1.68 bits per heavy atom. The summed E-state index contributed by atoms with van der Waals surface area (Å²) in [6, 6.07) is 12.7. The van der Waals surface area contributed by atoms with E-state index in [4.69, 9.17) is 0 Å². The van der Waals surface area contributed by atoms with E-state index in [9.17, 15) is 9.18 Å². The first-order valence-corrected chi connectivity index (χ1v) is 7.81. The highest BCUT2D eigenvalue weighted by Crippen LogP contribution is 2.21. The van der Waals surface area contributed by atoms with Gasteiger partial charge in [-0.05, 0) is 47.0 Å². The number of carbonyl (C=O) groups is 1. The van der Waals surface area contributed by atoms with Crippen molar-refractivity contribution in [2.45, 2.75) is 12.6 Å². The number of halogens is 1. The van der Waals surface area contributed by atoms with Crippen molar-refractivity contribution in [2.75, 3.05) is 0 Å². The van der Waals surface area contributed by atoms with E-state index in [-0.39, 0.29) is 11.8 Å². The monoisotopic (exact) mass is 336 g/mol. The molecule has 126 valence electrons. The van der Waals surface area contributed by atoms with Crippen LogP contribution in [0.1, 0.15) is 22.7 Å². The molecule has 6 heteroatoms. The van der Waals surface area contributed by atoms with Crippen molar-refractivity contribution < 1.29 is 9.18 Å². The second-order valence-corrected chi connectivity index (χ2v) is 5.45. The highest BCUT2D eigenvalue weighted by Gasteiger charge is 2.16. The Hall–Kier alpha value is -3.28. The van der Waals surface area contributed by atoms with Crippen LogP contribution < -0.4 is 10.6 Å². The SMILES string of the molecule is O=C(NCc1cccnc1)NC(c1ccncc1)c1ccc(F)cc1. The van der Waals surface area contributed by atoms with E-state index >= 15 is 0 Å². The van der Waals surface area contributed by atoms with E-state index in [1.54, 1.807) is 36.9 Å². The molecule has 0 saturated carbocycles. The molecule has 0 aliphatic carbocycles. The molecule has 3 aromatic rings. The third-order valence-corrected chi connectivity index (χ3v) is 3.69. The average Bonchev–Trinajstić information content (AvgIpc) is 2.67. The second-order valence-electron chi connectivity index (χ2n) is 5.45. The van der Waals surface area contributed by atoms with E-state index < -0.39 is 6.04 Å². The molecule has 25 heavy (non-hydrogen) atoms. The molecule has 0 spiro atoms. The molecule has 0 aliphatic rings. The van der Waals surface area contributed by atoms with Gasteiger partial charge in [-0.15, -0.1) is 0 Å². The number of amides is 2. The molecule has 2 N–H and O–H groups in total. The van der Waals surface area contributed by atoms with Crippen molar-refractivity contribution in [3.8, 4) is 0 Å². The number of urea groups is 1. The molecule has 0 bridgehead atoms. The van der Waals surface area contributed by atoms with E-state index in [1.165, 1.54) is 12.1 Å². The van der Waals surface area contributed by atoms with Crippen LogP contribution in [0.3, 0.4) is 0 Å². The maximum absolute atomic E-state index is 13.2. The fraction of sp³-hybridized carbons (Fsp3) is 0.105. The van der Waals surface area contributed by atoms with E-state index in [2.05, 4.69) is 20.6 Å². The van der Waals surface area contributed by atoms with E-state index in [0.29, 0.717) is 6.54 Å². The van der Waals surface area contributed by atoms with Gasteiger partial charge in [0.25, 0.3) is 0 Å². The zero-order valence-electron chi connectivity index (χ0n) is 13.4.